The molecule has 1 N–H and O–H groups in total. The fraction of sp³-hybridized carbons (Fsp3) is 0.571. The van der Waals surface area contributed by atoms with Crippen molar-refractivity contribution in [2.24, 2.45) is 0 Å². The summed E-state index contributed by atoms with van der Waals surface area (Å²) in [5.41, 5.74) is 3.95. The molecule has 0 unspecified atom stereocenters. The van der Waals surface area contributed by atoms with Gasteiger partial charge in [0.1, 0.15) is 11.8 Å². The molecule has 2 aliphatic rings. The lowest BCUT2D eigenvalue weighted by Gasteiger charge is -2.42. The molecule has 2 atom stereocenters. The van der Waals surface area contributed by atoms with Gasteiger partial charge in [0.2, 0.25) is 5.91 Å². The van der Waals surface area contributed by atoms with Crippen LogP contribution < -0.4 is 14.8 Å². The van der Waals surface area contributed by atoms with E-state index in [4.69, 9.17) is 21.1 Å². The van der Waals surface area contributed by atoms with Crippen molar-refractivity contribution in [3.8, 4) is 11.5 Å². The zero-order chi connectivity index (χ0) is 31.8. The highest BCUT2D eigenvalue weighted by atomic mass is 35.5. The van der Waals surface area contributed by atoms with Crippen LogP contribution in [0.4, 0.5) is 4.79 Å². The number of carbonyl (C=O) groups is 3. The van der Waals surface area contributed by atoms with Gasteiger partial charge in [-0.15, -0.1) is 0 Å². The first-order chi connectivity index (χ1) is 21.2. The van der Waals surface area contributed by atoms with Crippen LogP contribution in [0.2, 0.25) is 5.02 Å². The predicted molar refractivity (Wildman–Crippen MR) is 174 cm³/mol. The number of halogens is 1. The molecule has 0 radical (unpaired) electrons. The fourth-order valence-corrected chi connectivity index (χ4v) is 6.52. The molecule has 1 aliphatic carbocycles. The SMILES string of the molecule is CCc1ccc(CCC(=O)[C@@H]2CN(C(=O)Oc3ccc(C)c(C)c3Cl)CCN2C(=O)[C@@H](CC)NC2CCCCC2)cc1OC. The molecule has 9 heteroatoms. The third-order valence-electron chi connectivity index (χ3n) is 9.25. The van der Waals surface area contributed by atoms with Crippen LogP contribution in [-0.2, 0) is 22.4 Å². The Kier molecular flexibility index (Phi) is 12.1. The van der Waals surface area contributed by atoms with Crippen molar-refractivity contribution in [2.45, 2.75) is 104 Å². The summed E-state index contributed by atoms with van der Waals surface area (Å²) in [6.07, 6.45) is 7.35. The second-order valence-corrected chi connectivity index (χ2v) is 12.5. The van der Waals surface area contributed by atoms with E-state index in [2.05, 4.69) is 12.2 Å². The van der Waals surface area contributed by atoms with Gasteiger partial charge in [0.25, 0.3) is 0 Å². The normalized spacial score (nSPS) is 18.2. The first kappa shape index (κ1) is 33.8. The largest absolute Gasteiger partial charge is 0.496 e. The Labute approximate surface area is 267 Å². The molecule has 1 aliphatic heterocycles. The number of carbonyl (C=O) groups excluding carboxylic acids is 3. The van der Waals surface area contributed by atoms with Crippen molar-refractivity contribution < 1.29 is 23.9 Å². The molecule has 2 amide bonds. The second-order valence-electron chi connectivity index (χ2n) is 12.1. The summed E-state index contributed by atoms with van der Waals surface area (Å²) in [5.74, 6) is 0.945. The number of piperazine rings is 1. The monoisotopic (exact) mass is 625 g/mol. The zero-order valence-corrected chi connectivity index (χ0v) is 27.7. The molecular formula is C35H48ClN3O5. The lowest BCUT2D eigenvalue weighted by atomic mass is 9.94. The van der Waals surface area contributed by atoms with Crippen LogP contribution in [0.15, 0.2) is 30.3 Å². The van der Waals surface area contributed by atoms with Crippen LogP contribution in [0.5, 0.6) is 11.5 Å². The van der Waals surface area contributed by atoms with Crippen LogP contribution in [-0.4, -0.2) is 72.5 Å². The van der Waals surface area contributed by atoms with Gasteiger partial charge in [0.05, 0.1) is 24.7 Å². The molecule has 240 valence electrons. The summed E-state index contributed by atoms with van der Waals surface area (Å²) in [6, 6.07) is 8.76. The number of hydrogen-bond donors (Lipinski definition) is 1. The van der Waals surface area contributed by atoms with E-state index >= 15 is 0 Å². The van der Waals surface area contributed by atoms with E-state index in [9.17, 15) is 14.4 Å². The number of ether oxygens (including phenoxy) is 2. The maximum atomic E-state index is 14.0. The lowest BCUT2D eigenvalue weighted by Crippen LogP contribution is -2.63. The smallest absolute Gasteiger partial charge is 0.415 e. The Hall–Kier alpha value is -3.10. The zero-order valence-electron chi connectivity index (χ0n) is 26.9. The van der Waals surface area contributed by atoms with Crippen molar-refractivity contribution in [1.29, 1.82) is 0 Å². The Morgan fingerprint density at radius 3 is 2.45 bits per heavy atom. The third kappa shape index (κ3) is 8.13. The summed E-state index contributed by atoms with van der Waals surface area (Å²) in [7, 11) is 1.65. The Bertz CT molecular complexity index is 1330. The topological polar surface area (TPSA) is 88.2 Å². The van der Waals surface area contributed by atoms with E-state index < -0.39 is 12.1 Å². The minimum atomic E-state index is -0.766. The summed E-state index contributed by atoms with van der Waals surface area (Å²) in [4.78, 5) is 44.4. The van der Waals surface area contributed by atoms with Crippen LogP contribution in [0.3, 0.4) is 0 Å². The van der Waals surface area contributed by atoms with Crippen molar-refractivity contribution in [1.82, 2.24) is 15.1 Å². The van der Waals surface area contributed by atoms with E-state index in [1.54, 1.807) is 18.1 Å². The van der Waals surface area contributed by atoms with Crippen LogP contribution in [0, 0.1) is 13.8 Å². The lowest BCUT2D eigenvalue weighted by molar-refractivity contribution is -0.144. The number of amides is 2. The first-order valence-electron chi connectivity index (χ1n) is 16.1. The highest BCUT2D eigenvalue weighted by molar-refractivity contribution is 6.33. The summed E-state index contributed by atoms with van der Waals surface area (Å²) in [5, 5.41) is 3.98. The van der Waals surface area contributed by atoms with Gasteiger partial charge in [-0.05, 0) is 80.3 Å². The second kappa shape index (κ2) is 15.8. The number of aryl methyl sites for hydroxylation is 3. The van der Waals surface area contributed by atoms with Crippen LogP contribution in [0.25, 0.3) is 0 Å². The van der Waals surface area contributed by atoms with Crippen molar-refractivity contribution in [3.05, 3.63) is 57.6 Å². The average Bonchev–Trinajstić information content (AvgIpc) is 3.05. The number of methoxy groups -OCH3 is 1. The van der Waals surface area contributed by atoms with Gasteiger partial charge >= 0.3 is 6.09 Å². The van der Waals surface area contributed by atoms with Gasteiger partial charge in [-0.25, -0.2) is 4.79 Å². The third-order valence-corrected chi connectivity index (χ3v) is 9.72. The van der Waals surface area contributed by atoms with Crippen molar-refractivity contribution >= 4 is 29.4 Å². The Morgan fingerprint density at radius 2 is 1.77 bits per heavy atom. The van der Waals surface area contributed by atoms with E-state index in [0.717, 1.165) is 47.3 Å². The number of nitrogens with one attached hydrogen (secondary N) is 1. The van der Waals surface area contributed by atoms with Crippen molar-refractivity contribution in [2.75, 3.05) is 26.7 Å². The van der Waals surface area contributed by atoms with E-state index in [1.807, 2.05) is 45.0 Å². The molecule has 2 fully saturated rings. The maximum absolute atomic E-state index is 14.0. The molecule has 1 saturated carbocycles. The minimum Gasteiger partial charge on any atom is -0.496 e. The van der Waals surface area contributed by atoms with Gasteiger partial charge in [0, 0.05) is 25.6 Å². The summed E-state index contributed by atoms with van der Waals surface area (Å²) < 4.78 is 11.3. The minimum absolute atomic E-state index is 0.0732. The average molecular weight is 626 g/mol. The number of Topliss-reactive ketones (excluding diaryl/α,β-unsaturated/α-hetero) is 1. The van der Waals surface area contributed by atoms with E-state index in [1.165, 1.54) is 24.2 Å². The molecule has 4 rings (SSSR count). The van der Waals surface area contributed by atoms with Crippen molar-refractivity contribution in [3.63, 3.8) is 0 Å². The quantitative estimate of drug-likeness (QED) is 0.309. The molecule has 2 aromatic rings. The Balaban J connectivity index is 1.51. The van der Waals surface area contributed by atoms with Gasteiger partial charge in [-0.3, -0.25) is 9.59 Å². The fourth-order valence-electron chi connectivity index (χ4n) is 6.27. The van der Waals surface area contributed by atoms with E-state index in [-0.39, 0.29) is 49.5 Å². The molecule has 8 nitrogen and oxygen atoms in total. The number of benzene rings is 2. The van der Waals surface area contributed by atoms with E-state index in [0.29, 0.717) is 23.9 Å². The molecule has 0 aromatic heterocycles. The molecular weight excluding hydrogens is 578 g/mol. The van der Waals surface area contributed by atoms with Crippen LogP contribution in [0.1, 0.15) is 81.0 Å². The number of hydrogen-bond acceptors (Lipinski definition) is 6. The van der Waals surface area contributed by atoms with Gasteiger partial charge < -0.3 is 24.6 Å². The van der Waals surface area contributed by atoms with Crippen LogP contribution >= 0.6 is 11.6 Å². The number of rotatable bonds is 11. The Morgan fingerprint density at radius 1 is 1.02 bits per heavy atom. The van der Waals surface area contributed by atoms with Gasteiger partial charge in [0.15, 0.2) is 11.5 Å². The first-order valence-corrected chi connectivity index (χ1v) is 16.5. The predicted octanol–water partition coefficient (Wildman–Crippen LogP) is 6.44. The van der Waals surface area contributed by atoms with Gasteiger partial charge in [-0.1, -0.05) is 62.9 Å². The number of ketones is 1. The number of nitrogens with zero attached hydrogens (tertiary/aromatic N) is 2. The highest BCUT2D eigenvalue weighted by Gasteiger charge is 2.39. The molecule has 1 heterocycles. The maximum Gasteiger partial charge on any atom is 0.415 e. The molecule has 0 bridgehead atoms. The summed E-state index contributed by atoms with van der Waals surface area (Å²) in [6.45, 7) is 8.50. The molecule has 2 aromatic carbocycles. The molecule has 44 heavy (non-hydrogen) atoms. The van der Waals surface area contributed by atoms with Gasteiger partial charge in [-0.2, -0.15) is 0 Å². The molecule has 0 spiro atoms. The standard InChI is InChI=1S/C35H48ClN3O5/c1-6-26-16-14-25(21-32(26)43-5)15-17-30(40)29-22-38(35(42)44-31-18-13-23(3)24(4)33(31)36)19-20-39(29)34(41)28(7-2)37-27-11-9-8-10-12-27/h13-14,16,18,21,27-29,37H,6-12,15,17,19-20,22H2,1-5H3/t28-,29+/m1/s1. The molecule has 1 saturated heterocycles. The highest BCUT2D eigenvalue weighted by Crippen LogP contribution is 2.31. The summed E-state index contributed by atoms with van der Waals surface area (Å²) >= 11 is 6.48.